The molecule has 19 heavy (non-hydrogen) atoms. The summed E-state index contributed by atoms with van der Waals surface area (Å²) in [6.45, 7) is 0. The number of hydrogen-bond acceptors (Lipinski definition) is 4. The zero-order valence-electron chi connectivity index (χ0n) is 10.1. The number of nitro groups is 1. The maximum atomic E-state index is 10.7. The van der Waals surface area contributed by atoms with Gasteiger partial charge in [-0.2, -0.15) is 0 Å². The van der Waals surface area contributed by atoms with Crippen LogP contribution in [0, 0.1) is 13.7 Å². The van der Waals surface area contributed by atoms with Crippen LogP contribution in [0.3, 0.4) is 0 Å². The third-order valence-electron chi connectivity index (χ3n) is 2.50. The quantitative estimate of drug-likeness (QED) is 0.503. The van der Waals surface area contributed by atoms with E-state index in [9.17, 15) is 10.1 Å². The summed E-state index contributed by atoms with van der Waals surface area (Å²) in [6.07, 6.45) is 0. The summed E-state index contributed by atoms with van der Waals surface area (Å²) in [4.78, 5) is 10.3. The number of halogens is 1. The van der Waals surface area contributed by atoms with Gasteiger partial charge in [-0.1, -0.05) is 6.07 Å². The van der Waals surface area contributed by atoms with E-state index >= 15 is 0 Å². The van der Waals surface area contributed by atoms with E-state index in [1.807, 2.05) is 46.9 Å². The van der Waals surface area contributed by atoms with Crippen LogP contribution in [0.4, 0.5) is 17.1 Å². The van der Waals surface area contributed by atoms with Gasteiger partial charge in [0.15, 0.2) is 0 Å². The zero-order chi connectivity index (χ0) is 13.8. The lowest BCUT2D eigenvalue weighted by atomic mass is 10.2. The first kappa shape index (κ1) is 13.6. The summed E-state index contributed by atoms with van der Waals surface area (Å²) in [7, 11) is 1.61. The predicted molar refractivity (Wildman–Crippen MR) is 82.1 cm³/mol. The molecule has 6 heteroatoms. The number of anilines is 2. The molecule has 0 spiro atoms. The van der Waals surface area contributed by atoms with Gasteiger partial charge >= 0.3 is 0 Å². The minimum absolute atomic E-state index is 0.108. The van der Waals surface area contributed by atoms with Gasteiger partial charge in [0.2, 0.25) is 0 Å². The second kappa shape index (κ2) is 5.87. The van der Waals surface area contributed by atoms with Crippen molar-refractivity contribution in [2.45, 2.75) is 0 Å². The van der Waals surface area contributed by atoms with Gasteiger partial charge in [-0.25, -0.2) is 0 Å². The second-order valence-electron chi connectivity index (χ2n) is 3.78. The average Bonchev–Trinajstić information content (AvgIpc) is 2.38. The first-order chi connectivity index (χ1) is 9.10. The summed E-state index contributed by atoms with van der Waals surface area (Å²) >= 11 is 1.95. The highest BCUT2D eigenvalue weighted by Gasteiger charge is 2.11. The van der Waals surface area contributed by atoms with Gasteiger partial charge in [-0.3, -0.25) is 10.1 Å². The van der Waals surface area contributed by atoms with Crippen LogP contribution in [-0.4, -0.2) is 12.0 Å². The molecule has 0 saturated carbocycles. The van der Waals surface area contributed by atoms with Gasteiger partial charge in [0, 0.05) is 23.5 Å². The van der Waals surface area contributed by atoms with Crippen molar-refractivity contribution in [3.05, 3.63) is 56.1 Å². The van der Waals surface area contributed by atoms with E-state index < -0.39 is 4.92 Å². The molecule has 0 aliphatic rings. The van der Waals surface area contributed by atoms with Crippen LogP contribution in [0.5, 0.6) is 5.75 Å². The summed E-state index contributed by atoms with van der Waals surface area (Å²) in [5, 5.41) is 13.9. The van der Waals surface area contributed by atoms with Crippen molar-refractivity contribution < 1.29 is 9.66 Å². The van der Waals surface area contributed by atoms with Crippen molar-refractivity contribution in [2.75, 3.05) is 12.4 Å². The fraction of sp³-hybridized carbons (Fsp3) is 0.0769. The third-order valence-corrected chi connectivity index (χ3v) is 3.37. The number of nitro benzene ring substituents is 1. The first-order valence-corrected chi connectivity index (χ1v) is 6.53. The minimum Gasteiger partial charge on any atom is -0.497 e. The summed E-state index contributed by atoms with van der Waals surface area (Å²) < 4.78 is 5.73. The predicted octanol–water partition coefficient (Wildman–Crippen LogP) is 3.95. The molecular formula is C13H11IN2O3. The molecule has 98 valence electrons. The van der Waals surface area contributed by atoms with Crippen molar-refractivity contribution in [3.63, 3.8) is 0 Å². The molecule has 0 fully saturated rings. The number of ether oxygens (including phenoxy) is 1. The second-order valence-corrected chi connectivity index (χ2v) is 4.94. The molecule has 0 bridgehead atoms. The lowest BCUT2D eigenvalue weighted by Gasteiger charge is -2.08. The molecule has 0 unspecified atom stereocenters. The standard InChI is InChI=1S/C13H11IN2O3/c1-19-11-4-2-3-9(7-11)15-10-5-6-13(16(17)18)12(14)8-10/h2-8,15H,1H3. The maximum Gasteiger partial charge on any atom is 0.282 e. The smallest absolute Gasteiger partial charge is 0.282 e. The lowest BCUT2D eigenvalue weighted by molar-refractivity contribution is -0.385. The van der Waals surface area contributed by atoms with Gasteiger partial charge in [0.1, 0.15) is 5.75 Å². The van der Waals surface area contributed by atoms with Crippen LogP contribution in [0.2, 0.25) is 0 Å². The van der Waals surface area contributed by atoms with Gasteiger partial charge < -0.3 is 10.1 Å². The highest BCUT2D eigenvalue weighted by molar-refractivity contribution is 14.1. The number of nitrogens with one attached hydrogen (secondary N) is 1. The molecule has 0 atom stereocenters. The Morgan fingerprint density at radius 1 is 1.21 bits per heavy atom. The topological polar surface area (TPSA) is 64.4 Å². The molecule has 0 aliphatic carbocycles. The van der Waals surface area contributed by atoms with E-state index in [1.165, 1.54) is 6.07 Å². The average molecular weight is 370 g/mol. The Kier molecular flexibility index (Phi) is 4.20. The fourth-order valence-corrected chi connectivity index (χ4v) is 2.31. The molecule has 0 saturated heterocycles. The fourth-order valence-electron chi connectivity index (χ4n) is 1.60. The zero-order valence-corrected chi connectivity index (χ0v) is 12.2. The van der Waals surface area contributed by atoms with Gasteiger partial charge in [0.25, 0.3) is 5.69 Å². The molecule has 0 amide bonds. The number of nitrogens with zero attached hydrogens (tertiary/aromatic N) is 1. The van der Waals surface area contributed by atoms with Crippen LogP contribution in [-0.2, 0) is 0 Å². The molecule has 2 aromatic rings. The van der Waals surface area contributed by atoms with E-state index in [1.54, 1.807) is 19.2 Å². The Labute approximate surface area is 123 Å². The summed E-state index contributed by atoms with van der Waals surface area (Å²) in [5.41, 5.74) is 1.77. The highest BCUT2D eigenvalue weighted by Crippen LogP contribution is 2.27. The summed E-state index contributed by atoms with van der Waals surface area (Å²) in [5.74, 6) is 0.751. The van der Waals surface area contributed by atoms with Crippen molar-refractivity contribution in [3.8, 4) is 5.75 Å². The molecule has 0 aliphatic heterocycles. The van der Waals surface area contributed by atoms with Crippen molar-refractivity contribution >= 4 is 39.7 Å². The molecule has 0 heterocycles. The molecular weight excluding hydrogens is 359 g/mol. The van der Waals surface area contributed by atoms with E-state index in [0.717, 1.165) is 17.1 Å². The Morgan fingerprint density at radius 2 is 1.95 bits per heavy atom. The number of benzene rings is 2. The highest BCUT2D eigenvalue weighted by atomic mass is 127. The monoisotopic (exact) mass is 370 g/mol. The van der Waals surface area contributed by atoms with E-state index in [2.05, 4.69) is 5.32 Å². The van der Waals surface area contributed by atoms with Crippen molar-refractivity contribution in [2.24, 2.45) is 0 Å². The Hall–Kier alpha value is -1.83. The third kappa shape index (κ3) is 3.34. The van der Waals surface area contributed by atoms with Crippen LogP contribution in [0.1, 0.15) is 0 Å². The van der Waals surface area contributed by atoms with E-state index in [-0.39, 0.29) is 5.69 Å². The maximum absolute atomic E-state index is 10.7. The lowest BCUT2D eigenvalue weighted by Crippen LogP contribution is -1.95. The Morgan fingerprint density at radius 3 is 2.58 bits per heavy atom. The van der Waals surface area contributed by atoms with Gasteiger partial charge in [-0.05, 0) is 46.9 Å². The Balaban J connectivity index is 2.23. The van der Waals surface area contributed by atoms with E-state index in [0.29, 0.717) is 3.57 Å². The van der Waals surface area contributed by atoms with Gasteiger partial charge in [-0.15, -0.1) is 0 Å². The number of hydrogen-bond donors (Lipinski definition) is 1. The SMILES string of the molecule is COc1cccc(Nc2ccc([N+](=O)[O-])c(I)c2)c1. The Bertz CT molecular complexity index is 617. The van der Waals surface area contributed by atoms with Crippen LogP contribution < -0.4 is 10.1 Å². The van der Waals surface area contributed by atoms with E-state index in [4.69, 9.17) is 4.74 Å². The van der Waals surface area contributed by atoms with Crippen LogP contribution in [0.15, 0.2) is 42.5 Å². The molecule has 1 N–H and O–H groups in total. The molecule has 2 rings (SSSR count). The first-order valence-electron chi connectivity index (χ1n) is 5.45. The van der Waals surface area contributed by atoms with Crippen LogP contribution in [0.25, 0.3) is 0 Å². The normalized spacial score (nSPS) is 10.0. The molecule has 0 radical (unpaired) electrons. The van der Waals surface area contributed by atoms with Gasteiger partial charge in [0.05, 0.1) is 15.6 Å². The number of rotatable bonds is 4. The van der Waals surface area contributed by atoms with Crippen molar-refractivity contribution in [1.82, 2.24) is 0 Å². The summed E-state index contributed by atoms with van der Waals surface area (Å²) in [6, 6.07) is 12.4. The molecule has 2 aromatic carbocycles. The molecule has 5 nitrogen and oxygen atoms in total. The largest absolute Gasteiger partial charge is 0.497 e. The minimum atomic E-state index is -0.392. The van der Waals surface area contributed by atoms with Crippen molar-refractivity contribution in [1.29, 1.82) is 0 Å². The number of methoxy groups -OCH3 is 1. The van der Waals surface area contributed by atoms with Crippen LogP contribution >= 0.6 is 22.6 Å². The molecule has 0 aromatic heterocycles.